The van der Waals surface area contributed by atoms with Crippen LogP contribution in [0.3, 0.4) is 0 Å². The molecule has 1 heterocycles. The predicted octanol–water partition coefficient (Wildman–Crippen LogP) is 3.81. The Labute approximate surface area is 125 Å². The topological polar surface area (TPSA) is 15.3 Å². The van der Waals surface area contributed by atoms with Crippen LogP contribution in [-0.2, 0) is 0 Å². The molecular weight excluding hydrogens is 244 g/mol. The monoisotopic (exact) mass is 278 g/mol. The van der Waals surface area contributed by atoms with Crippen LogP contribution in [0.25, 0.3) is 0 Å². The molecule has 0 radical (unpaired) electrons. The number of hydrogen-bond acceptors (Lipinski definition) is 2. The number of hydrogen-bond donors (Lipinski definition) is 1. The lowest BCUT2D eigenvalue weighted by Gasteiger charge is -2.46. The summed E-state index contributed by atoms with van der Waals surface area (Å²) < 4.78 is 0. The lowest BCUT2D eigenvalue weighted by atomic mass is 9.77. The Morgan fingerprint density at radius 2 is 1.60 bits per heavy atom. The summed E-state index contributed by atoms with van der Waals surface area (Å²) in [5.41, 5.74) is 0. The van der Waals surface area contributed by atoms with Crippen LogP contribution in [-0.4, -0.2) is 37.1 Å². The van der Waals surface area contributed by atoms with Crippen molar-refractivity contribution in [3.05, 3.63) is 0 Å². The Morgan fingerprint density at radius 1 is 0.850 bits per heavy atom. The molecule has 3 fully saturated rings. The van der Waals surface area contributed by atoms with Gasteiger partial charge in [0.05, 0.1) is 0 Å². The fraction of sp³-hybridized carbons (Fsp3) is 1.00. The maximum atomic E-state index is 3.63. The minimum Gasteiger partial charge on any atom is -0.317 e. The number of piperidine rings is 1. The lowest BCUT2D eigenvalue weighted by Crippen LogP contribution is -2.50. The van der Waals surface area contributed by atoms with Crippen LogP contribution in [0.1, 0.15) is 70.6 Å². The van der Waals surface area contributed by atoms with E-state index in [1.165, 1.54) is 83.7 Å². The van der Waals surface area contributed by atoms with E-state index < -0.39 is 0 Å². The van der Waals surface area contributed by atoms with E-state index in [0.29, 0.717) is 0 Å². The van der Waals surface area contributed by atoms with E-state index in [1.807, 2.05) is 0 Å². The van der Waals surface area contributed by atoms with E-state index in [-0.39, 0.29) is 0 Å². The molecule has 0 aromatic heterocycles. The second-order valence-corrected chi connectivity index (χ2v) is 7.54. The van der Waals surface area contributed by atoms with E-state index in [4.69, 9.17) is 0 Å². The Balaban J connectivity index is 1.62. The van der Waals surface area contributed by atoms with Crippen LogP contribution < -0.4 is 5.32 Å². The van der Waals surface area contributed by atoms with Crippen LogP contribution in [0.2, 0.25) is 0 Å². The predicted molar refractivity (Wildman–Crippen MR) is 86.0 cm³/mol. The highest BCUT2D eigenvalue weighted by Gasteiger charge is 2.35. The maximum absolute atomic E-state index is 3.63. The first-order valence-corrected chi connectivity index (χ1v) is 9.30. The molecule has 1 saturated heterocycles. The number of nitrogens with one attached hydrogen (secondary N) is 1. The van der Waals surface area contributed by atoms with Crippen molar-refractivity contribution in [2.45, 2.75) is 82.7 Å². The molecule has 116 valence electrons. The molecule has 2 aliphatic carbocycles. The third-order valence-electron chi connectivity index (χ3n) is 6.36. The average molecular weight is 278 g/mol. The van der Waals surface area contributed by atoms with Gasteiger partial charge >= 0.3 is 0 Å². The van der Waals surface area contributed by atoms with Gasteiger partial charge in [-0.2, -0.15) is 0 Å². The summed E-state index contributed by atoms with van der Waals surface area (Å²) in [7, 11) is 2.18. The molecule has 0 bridgehead atoms. The van der Waals surface area contributed by atoms with Gasteiger partial charge in [0.1, 0.15) is 0 Å². The van der Waals surface area contributed by atoms with Crippen molar-refractivity contribution in [1.82, 2.24) is 10.2 Å². The second kappa shape index (κ2) is 7.26. The normalized spacial score (nSPS) is 40.0. The molecule has 2 heteroatoms. The number of nitrogens with zero attached hydrogens (tertiary/aromatic N) is 1. The largest absolute Gasteiger partial charge is 0.317 e. The van der Waals surface area contributed by atoms with Gasteiger partial charge in [0, 0.05) is 18.6 Å². The summed E-state index contributed by atoms with van der Waals surface area (Å²) in [6.45, 7) is 2.76. The summed E-state index contributed by atoms with van der Waals surface area (Å²) >= 11 is 0. The van der Waals surface area contributed by atoms with Crippen molar-refractivity contribution in [1.29, 1.82) is 0 Å². The molecule has 4 atom stereocenters. The highest BCUT2D eigenvalue weighted by molar-refractivity contribution is 4.90. The Bertz CT molecular complexity index is 289. The fourth-order valence-electron chi connectivity index (χ4n) is 5.24. The number of fused-ring (bicyclic) bond motifs is 1. The van der Waals surface area contributed by atoms with Gasteiger partial charge < -0.3 is 5.32 Å². The number of likely N-dealkylation sites (tertiary alicyclic amines) is 1. The SMILES string of the molecule is CNC1CCCCCC1CN1CCC[C@H]2CCCC[C@H]21. The van der Waals surface area contributed by atoms with Crippen LogP contribution >= 0.6 is 0 Å². The standard InChI is InChI=1S/C18H34N2/c1-19-17-11-4-2-3-9-16(17)14-20-13-7-10-15-8-5-6-12-18(15)20/h15-19H,2-14H2,1H3/t15-,16?,17?,18-/m1/s1. The molecule has 0 spiro atoms. The maximum Gasteiger partial charge on any atom is 0.0124 e. The summed E-state index contributed by atoms with van der Waals surface area (Å²) in [5, 5.41) is 3.63. The highest BCUT2D eigenvalue weighted by atomic mass is 15.2. The zero-order chi connectivity index (χ0) is 13.8. The third kappa shape index (κ3) is 3.39. The van der Waals surface area contributed by atoms with Crippen LogP contribution in [0.5, 0.6) is 0 Å². The molecule has 0 amide bonds. The van der Waals surface area contributed by atoms with Crippen LogP contribution in [0.15, 0.2) is 0 Å². The van der Waals surface area contributed by atoms with E-state index in [2.05, 4.69) is 17.3 Å². The van der Waals surface area contributed by atoms with Gasteiger partial charge in [-0.3, -0.25) is 4.90 Å². The summed E-state index contributed by atoms with van der Waals surface area (Å²) in [5.74, 6) is 1.94. The first-order valence-electron chi connectivity index (χ1n) is 9.30. The summed E-state index contributed by atoms with van der Waals surface area (Å²) in [4.78, 5) is 2.91. The van der Waals surface area contributed by atoms with E-state index >= 15 is 0 Å². The average Bonchev–Trinajstić information content (AvgIpc) is 2.72. The zero-order valence-corrected chi connectivity index (χ0v) is 13.4. The summed E-state index contributed by atoms with van der Waals surface area (Å²) in [6, 6.07) is 1.72. The van der Waals surface area contributed by atoms with Gasteiger partial charge in [0.15, 0.2) is 0 Å². The van der Waals surface area contributed by atoms with Crippen molar-refractivity contribution < 1.29 is 0 Å². The van der Waals surface area contributed by atoms with Crippen LogP contribution in [0, 0.1) is 11.8 Å². The van der Waals surface area contributed by atoms with Crippen LogP contribution in [0.4, 0.5) is 0 Å². The smallest absolute Gasteiger partial charge is 0.0124 e. The van der Waals surface area contributed by atoms with Gasteiger partial charge in [-0.15, -0.1) is 0 Å². The molecule has 1 aliphatic heterocycles. The van der Waals surface area contributed by atoms with Gasteiger partial charge in [-0.25, -0.2) is 0 Å². The number of rotatable bonds is 3. The first-order chi connectivity index (χ1) is 9.88. The molecule has 3 rings (SSSR count). The second-order valence-electron chi connectivity index (χ2n) is 7.54. The van der Waals surface area contributed by atoms with Crippen molar-refractivity contribution in [2.24, 2.45) is 11.8 Å². The molecule has 3 aliphatic rings. The van der Waals surface area contributed by atoms with Crippen molar-refractivity contribution in [3.63, 3.8) is 0 Å². The molecule has 2 nitrogen and oxygen atoms in total. The molecule has 0 aromatic rings. The minimum atomic E-state index is 0.779. The molecule has 1 N–H and O–H groups in total. The van der Waals surface area contributed by atoms with Gasteiger partial charge in [-0.05, 0) is 64.0 Å². The Morgan fingerprint density at radius 3 is 2.50 bits per heavy atom. The lowest BCUT2D eigenvalue weighted by molar-refractivity contribution is 0.0419. The van der Waals surface area contributed by atoms with Crippen molar-refractivity contribution in [3.8, 4) is 0 Å². The molecule has 0 aromatic carbocycles. The Hall–Kier alpha value is -0.0800. The first kappa shape index (κ1) is 14.8. The zero-order valence-electron chi connectivity index (χ0n) is 13.4. The molecule has 2 unspecified atom stereocenters. The van der Waals surface area contributed by atoms with E-state index in [1.54, 1.807) is 0 Å². The quantitative estimate of drug-likeness (QED) is 0.790. The molecular formula is C18H34N2. The van der Waals surface area contributed by atoms with Gasteiger partial charge in [-0.1, -0.05) is 32.1 Å². The van der Waals surface area contributed by atoms with Gasteiger partial charge in [0.2, 0.25) is 0 Å². The Kier molecular flexibility index (Phi) is 5.39. The van der Waals surface area contributed by atoms with Gasteiger partial charge in [0.25, 0.3) is 0 Å². The van der Waals surface area contributed by atoms with Crippen molar-refractivity contribution in [2.75, 3.05) is 20.1 Å². The van der Waals surface area contributed by atoms with E-state index in [0.717, 1.165) is 23.9 Å². The van der Waals surface area contributed by atoms with Crippen molar-refractivity contribution >= 4 is 0 Å². The molecule has 20 heavy (non-hydrogen) atoms. The summed E-state index contributed by atoms with van der Waals surface area (Å²) in [6.07, 6.45) is 16.2. The minimum absolute atomic E-state index is 0.779. The highest BCUT2D eigenvalue weighted by Crippen LogP contribution is 2.36. The van der Waals surface area contributed by atoms with E-state index in [9.17, 15) is 0 Å². The third-order valence-corrected chi connectivity index (χ3v) is 6.36. The fourth-order valence-corrected chi connectivity index (χ4v) is 5.24. The molecule has 2 saturated carbocycles.